The van der Waals surface area contributed by atoms with E-state index in [9.17, 15) is 15.1 Å². The number of hydrogen-bond acceptors (Lipinski definition) is 2. The molecular formula is C73H47N3S. The van der Waals surface area contributed by atoms with Crippen LogP contribution in [0.5, 0.6) is 0 Å². The molecule has 16 rings (SSSR count). The van der Waals surface area contributed by atoms with Crippen molar-refractivity contribution in [2.75, 3.05) is 4.90 Å². The highest BCUT2D eigenvalue weighted by molar-refractivity contribution is 7.26. The smallest absolute Gasteiger partial charge is 0.0734 e. The van der Waals surface area contributed by atoms with Crippen LogP contribution in [-0.2, 0) is 5.41 Å². The lowest BCUT2D eigenvalue weighted by Gasteiger charge is -2.35. The molecule has 4 heteroatoms. The lowest BCUT2D eigenvalue weighted by Crippen LogP contribution is -2.29. The van der Waals surface area contributed by atoms with E-state index in [-0.39, 0.29) is 27.9 Å². The summed E-state index contributed by atoms with van der Waals surface area (Å²) in [7, 11) is 0. The van der Waals surface area contributed by atoms with Crippen molar-refractivity contribution in [1.29, 1.82) is 0 Å². The molecule has 0 radical (unpaired) electrons. The van der Waals surface area contributed by atoms with Crippen LogP contribution in [0.3, 0.4) is 0 Å². The van der Waals surface area contributed by atoms with E-state index in [0.29, 0.717) is 16.7 Å². The van der Waals surface area contributed by atoms with E-state index in [1.54, 1.807) is 29.5 Å². The number of rotatable bonds is 8. The van der Waals surface area contributed by atoms with E-state index in [0.717, 1.165) is 60.8 Å². The van der Waals surface area contributed by atoms with Crippen molar-refractivity contribution in [3.8, 4) is 33.6 Å². The summed E-state index contributed by atoms with van der Waals surface area (Å²) >= 11 is 1.76. The lowest BCUT2D eigenvalue weighted by molar-refractivity contribution is 0.762. The summed E-state index contributed by atoms with van der Waals surface area (Å²) in [6.45, 7) is 0. The second-order valence-corrected chi connectivity index (χ2v) is 20.4. The molecule has 0 N–H and O–H groups in total. The van der Waals surface area contributed by atoms with Gasteiger partial charge in [-0.05, 0) is 118 Å². The number of anilines is 3. The molecule has 0 unspecified atom stereocenters. The Hall–Kier alpha value is -9.74. The first kappa shape index (κ1) is 31.9. The zero-order valence-electron chi connectivity index (χ0n) is 54.8. The predicted octanol–water partition coefficient (Wildman–Crippen LogP) is 19.7. The molecule has 3 heterocycles. The molecule has 0 aliphatic heterocycles. The highest BCUT2D eigenvalue weighted by Crippen LogP contribution is 2.58. The molecule has 1 aliphatic rings. The van der Waals surface area contributed by atoms with Crippen molar-refractivity contribution < 1.29 is 19.2 Å². The SMILES string of the molecule is [2H]c1c([2H])c([2H])c(C2(c3c([2H])c([2H])c([2H])c([2H])c3[2H])c3c(cccc3-n3c4ccccc4c4ccc(N(c5ccc(-c6cccc7c6sc6ccccc67)cc5)c5ccc(-n6c7ccccc7c7ccccc76)cc5)cc43)-c3c([2H])c([2H])c([2H])c([2H])c32)c([2H])c1[2H]. The summed E-state index contributed by atoms with van der Waals surface area (Å²) in [6.07, 6.45) is 0. The van der Waals surface area contributed by atoms with Crippen LogP contribution in [0, 0.1) is 0 Å². The van der Waals surface area contributed by atoms with Crippen LogP contribution < -0.4 is 4.90 Å². The van der Waals surface area contributed by atoms with Gasteiger partial charge >= 0.3 is 0 Å². The van der Waals surface area contributed by atoms with E-state index >= 15 is 0 Å². The molecule has 12 aromatic carbocycles. The maximum atomic E-state index is 9.91. The van der Waals surface area contributed by atoms with E-state index in [1.165, 1.54) is 20.2 Å². The molecule has 0 saturated carbocycles. The van der Waals surface area contributed by atoms with Gasteiger partial charge in [0.05, 0.1) is 52.4 Å². The molecular weight excluding hydrogens is 951 g/mol. The molecule has 360 valence electrons. The Morgan fingerprint density at radius 1 is 0.377 bits per heavy atom. The van der Waals surface area contributed by atoms with Gasteiger partial charge in [-0.2, -0.15) is 0 Å². The van der Waals surface area contributed by atoms with Gasteiger partial charge in [-0.15, -0.1) is 11.3 Å². The average molecular weight is 1010 g/mol. The van der Waals surface area contributed by atoms with Gasteiger partial charge in [-0.3, -0.25) is 0 Å². The van der Waals surface area contributed by atoms with Crippen LogP contribution in [0.15, 0.2) is 285 Å². The first-order valence-electron chi connectivity index (χ1n) is 32.3. The third-order valence-corrected chi connectivity index (χ3v) is 16.7. The fourth-order valence-corrected chi connectivity index (χ4v) is 13.5. The second kappa shape index (κ2) is 17.2. The van der Waals surface area contributed by atoms with Gasteiger partial charge in [0.25, 0.3) is 0 Å². The summed E-state index contributed by atoms with van der Waals surface area (Å²) in [5, 5.41) is 6.20. The number of hydrogen-bond donors (Lipinski definition) is 0. The molecule has 0 amide bonds. The van der Waals surface area contributed by atoms with Crippen LogP contribution in [0.1, 0.15) is 41.4 Å². The number of thiophene rings is 1. The number of fused-ring (bicyclic) bond motifs is 12. The molecule has 0 bridgehead atoms. The minimum atomic E-state index is -2.63. The zero-order chi connectivity index (χ0) is 62.8. The molecule has 0 saturated heterocycles. The van der Waals surface area contributed by atoms with Crippen LogP contribution in [0.25, 0.3) is 97.4 Å². The van der Waals surface area contributed by atoms with Gasteiger partial charge in [0.2, 0.25) is 0 Å². The summed E-state index contributed by atoms with van der Waals surface area (Å²) < 4.78 is 138. The first-order valence-corrected chi connectivity index (χ1v) is 26.2. The molecule has 3 aromatic heterocycles. The highest BCUT2D eigenvalue weighted by atomic mass is 32.1. The fraction of sp³-hybridized carbons (Fsp3) is 0.0137. The van der Waals surface area contributed by atoms with Crippen LogP contribution in [0.4, 0.5) is 17.1 Å². The Morgan fingerprint density at radius 3 is 1.57 bits per heavy atom. The average Bonchev–Trinajstić information content (AvgIpc) is 1.53. The third-order valence-electron chi connectivity index (χ3n) is 15.4. The van der Waals surface area contributed by atoms with Crippen molar-refractivity contribution in [2.24, 2.45) is 0 Å². The van der Waals surface area contributed by atoms with Crippen molar-refractivity contribution in [3.05, 3.63) is 307 Å². The molecule has 0 fully saturated rings. The maximum Gasteiger partial charge on any atom is 0.0734 e. The highest BCUT2D eigenvalue weighted by Gasteiger charge is 2.48. The van der Waals surface area contributed by atoms with Crippen molar-refractivity contribution in [3.63, 3.8) is 0 Å². The van der Waals surface area contributed by atoms with Crippen LogP contribution in [-0.4, -0.2) is 9.13 Å². The number of aromatic nitrogens is 2. The summed E-state index contributed by atoms with van der Waals surface area (Å²) in [4.78, 5) is 2.17. The van der Waals surface area contributed by atoms with Gasteiger partial charge in [-0.25, -0.2) is 0 Å². The molecule has 77 heavy (non-hydrogen) atoms. The van der Waals surface area contributed by atoms with E-state index in [4.69, 9.17) is 4.11 Å². The van der Waals surface area contributed by atoms with E-state index in [2.05, 4.69) is 137 Å². The van der Waals surface area contributed by atoms with Gasteiger partial charge in [0, 0.05) is 70.0 Å². The van der Waals surface area contributed by atoms with Gasteiger partial charge in [-0.1, -0.05) is 206 Å². The lowest BCUT2D eigenvalue weighted by atomic mass is 9.67. The maximum absolute atomic E-state index is 9.91. The Morgan fingerprint density at radius 2 is 0.896 bits per heavy atom. The molecule has 0 atom stereocenters. The van der Waals surface area contributed by atoms with Crippen molar-refractivity contribution >= 4 is 92.2 Å². The zero-order valence-corrected chi connectivity index (χ0v) is 41.6. The summed E-state index contributed by atoms with van der Waals surface area (Å²) in [6, 6.07) is 56.8. The third kappa shape index (κ3) is 6.43. The van der Waals surface area contributed by atoms with E-state index in [1.807, 2.05) is 59.2 Å². The van der Waals surface area contributed by atoms with Crippen molar-refractivity contribution in [2.45, 2.75) is 5.41 Å². The number of para-hydroxylation sites is 3. The van der Waals surface area contributed by atoms with Crippen LogP contribution >= 0.6 is 11.3 Å². The minimum absolute atomic E-state index is 0.0175. The summed E-state index contributed by atoms with van der Waals surface area (Å²) in [5.41, 5.74) is 4.97. The largest absolute Gasteiger partial charge is 0.310 e. The topological polar surface area (TPSA) is 13.1 Å². The first-order chi connectivity index (χ1) is 44.0. The minimum Gasteiger partial charge on any atom is -0.310 e. The second-order valence-electron chi connectivity index (χ2n) is 19.3. The van der Waals surface area contributed by atoms with Gasteiger partial charge in [0.1, 0.15) is 0 Å². The Bertz CT molecular complexity index is 5490. The molecule has 15 aromatic rings. The molecule has 3 nitrogen and oxygen atoms in total. The predicted molar refractivity (Wildman–Crippen MR) is 325 cm³/mol. The Labute approximate surface area is 469 Å². The Kier molecular flexibility index (Phi) is 7.10. The van der Waals surface area contributed by atoms with Crippen molar-refractivity contribution in [1.82, 2.24) is 9.13 Å². The molecule has 0 spiro atoms. The standard InChI is InChI=1S/C73H47N3S/c1-3-19-49(20-4-1)73(50-21-5-2-6-22-50)64-31-12-7-23-56(64)62-29-18-35-68(71(62)73)76-67-34-15-10-26-59(67)60-46-45-54(47-69(60)76)74(51-39-37-48(38-40-51)55-28-17-30-63-61-27-11-16-36-70(61)77-72(55)63)52-41-43-53(44-42-52)75-65-32-13-8-24-57(65)58-25-9-14-33-66(58)75/h1-47H/i1D,2D,3D,4D,5D,6D,7D,12D,19D,20D,21D,22D,23D,31D. The monoisotopic (exact) mass is 1010 g/mol. The Balaban J connectivity index is 0.984. The molecule has 1 aliphatic carbocycles. The number of nitrogens with zero attached hydrogens (tertiary/aromatic N) is 3. The van der Waals surface area contributed by atoms with Crippen LogP contribution in [0.2, 0.25) is 0 Å². The number of benzene rings is 12. The quantitative estimate of drug-likeness (QED) is 0.148. The fourth-order valence-electron chi connectivity index (χ4n) is 12.3. The van der Waals surface area contributed by atoms with E-state index < -0.39 is 101 Å². The van der Waals surface area contributed by atoms with Gasteiger partial charge in [0.15, 0.2) is 0 Å². The normalized spacial score (nSPS) is 15.3. The van der Waals surface area contributed by atoms with Gasteiger partial charge < -0.3 is 14.0 Å². The summed E-state index contributed by atoms with van der Waals surface area (Å²) in [5.74, 6) is 0.